The highest BCUT2D eigenvalue weighted by atomic mass is 32.1. The van der Waals surface area contributed by atoms with E-state index in [2.05, 4.69) is 15.5 Å². The van der Waals surface area contributed by atoms with E-state index in [9.17, 15) is 4.79 Å². The fraction of sp³-hybridized carbons (Fsp3) is 0.562. The molecule has 0 spiro atoms. The molecule has 1 atom stereocenters. The number of carbonyl (C=O) groups excluding carboxylic acids is 1. The van der Waals surface area contributed by atoms with Gasteiger partial charge in [-0.15, -0.1) is 11.3 Å². The Morgan fingerprint density at radius 2 is 2.23 bits per heavy atom. The van der Waals surface area contributed by atoms with E-state index >= 15 is 0 Å². The number of aryl methyl sites for hydroxylation is 1. The van der Waals surface area contributed by atoms with Crippen LogP contribution in [0.15, 0.2) is 22.0 Å². The Balaban J connectivity index is 1.74. The molecule has 2 rings (SSSR count). The van der Waals surface area contributed by atoms with Gasteiger partial charge in [0.1, 0.15) is 0 Å². The first-order chi connectivity index (χ1) is 10.4. The standard InChI is InChI=1S/C16H23N3O2S/c1-11(12-7-6-10-22-12)17-13(20)8-5-9-14-18-15(19-21-14)16(2,3)4/h6-7,10-11H,5,8-9H2,1-4H3,(H,17,20)/t11-/m1/s1. The van der Waals surface area contributed by atoms with Gasteiger partial charge in [0, 0.05) is 23.1 Å². The number of rotatable bonds is 6. The molecule has 5 nitrogen and oxygen atoms in total. The molecule has 0 radical (unpaired) electrons. The summed E-state index contributed by atoms with van der Waals surface area (Å²) >= 11 is 1.65. The quantitative estimate of drug-likeness (QED) is 0.882. The lowest BCUT2D eigenvalue weighted by Gasteiger charge is -2.11. The maximum Gasteiger partial charge on any atom is 0.226 e. The summed E-state index contributed by atoms with van der Waals surface area (Å²) < 4.78 is 5.22. The third-order valence-electron chi connectivity index (χ3n) is 3.28. The summed E-state index contributed by atoms with van der Waals surface area (Å²) in [6.07, 6.45) is 1.79. The number of aromatic nitrogens is 2. The molecule has 0 bridgehead atoms. The van der Waals surface area contributed by atoms with Crippen LogP contribution < -0.4 is 5.32 Å². The molecule has 22 heavy (non-hydrogen) atoms. The van der Waals surface area contributed by atoms with Gasteiger partial charge in [0.25, 0.3) is 0 Å². The van der Waals surface area contributed by atoms with Gasteiger partial charge < -0.3 is 9.84 Å². The third kappa shape index (κ3) is 4.66. The van der Waals surface area contributed by atoms with Gasteiger partial charge in [-0.1, -0.05) is 32.0 Å². The fourth-order valence-electron chi connectivity index (χ4n) is 1.98. The summed E-state index contributed by atoms with van der Waals surface area (Å²) in [6, 6.07) is 4.08. The van der Waals surface area contributed by atoms with Crippen molar-refractivity contribution in [2.75, 3.05) is 0 Å². The first kappa shape index (κ1) is 16.7. The zero-order chi connectivity index (χ0) is 16.2. The molecule has 1 amide bonds. The van der Waals surface area contributed by atoms with Crippen molar-refractivity contribution in [3.63, 3.8) is 0 Å². The number of carbonyl (C=O) groups is 1. The molecule has 0 aliphatic rings. The molecule has 0 aliphatic heterocycles. The van der Waals surface area contributed by atoms with Crippen LogP contribution in [0, 0.1) is 0 Å². The van der Waals surface area contributed by atoms with E-state index in [1.165, 1.54) is 4.88 Å². The molecule has 2 aromatic heterocycles. The zero-order valence-corrected chi connectivity index (χ0v) is 14.4. The highest BCUT2D eigenvalue weighted by Crippen LogP contribution is 2.20. The summed E-state index contributed by atoms with van der Waals surface area (Å²) in [5, 5.41) is 9.00. The van der Waals surface area contributed by atoms with Gasteiger partial charge in [-0.05, 0) is 24.8 Å². The van der Waals surface area contributed by atoms with E-state index in [4.69, 9.17) is 4.52 Å². The second-order valence-electron chi connectivity index (χ2n) is 6.42. The number of hydrogen-bond donors (Lipinski definition) is 1. The minimum absolute atomic E-state index is 0.0523. The van der Waals surface area contributed by atoms with Crippen LogP contribution in [-0.4, -0.2) is 16.0 Å². The maximum absolute atomic E-state index is 11.9. The van der Waals surface area contributed by atoms with Crippen LogP contribution >= 0.6 is 11.3 Å². The van der Waals surface area contributed by atoms with Crippen LogP contribution in [0.1, 0.15) is 63.2 Å². The topological polar surface area (TPSA) is 68.0 Å². The summed E-state index contributed by atoms with van der Waals surface area (Å²) in [6.45, 7) is 8.13. The summed E-state index contributed by atoms with van der Waals surface area (Å²) in [4.78, 5) is 17.5. The van der Waals surface area contributed by atoms with E-state index < -0.39 is 0 Å². The van der Waals surface area contributed by atoms with Crippen LogP contribution in [0.25, 0.3) is 0 Å². The van der Waals surface area contributed by atoms with Crippen molar-refractivity contribution in [3.05, 3.63) is 34.1 Å². The Kier molecular flexibility index (Phi) is 5.34. The lowest BCUT2D eigenvalue weighted by molar-refractivity contribution is -0.121. The zero-order valence-electron chi connectivity index (χ0n) is 13.5. The molecule has 0 aliphatic carbocycles. The Bertz CT molecular complexity index is 599. The van der Waals surface area contributed by atoms with E-state index in [-0.39, 0.29) is 17.4 Å². The van der Waals surface area contributed by atoms with Crippen LogP contribution in [0.4, 0.5) is 0 Å². The molecule has 0 aromatic carbocycles. The van der Waals surface area contributed by atoms with E-state index in [1.54, 1.807) is 11.3 Å². The SMILES string of the molecule is C[C@@H](NC(=O)CCCc1nc(C(C)(C)C)no1)c1cccs1. The number of nitrogens with one attached hydrogen (secondary N) is 1. The molecule has 6 heteroatoms. The molecule has 0 saturated heterocycles. The number of thiophene rings is 1. The predicted molar refractivity (Wildman–Crippen MR) is 86.8 cm³/mol. The summed E-state index contributed by atoms with van der Waals surface area (Å²) in [5.41, 5.74) is -0.116. The first-order valence-corrected chi connectivity index (χ1v) is 8.40. The molecule has 2 heterocycles. The molecular formula is C16H23N3O2S. The molecule has 2 aromatic rings. The number of nitrogens with zero attached hydrogens (tertiary/aromatic N) is 2. The van der Waals surface area contributed by atoms with Gasteiger partial charge >= 0.3 is 0 Å². The molecular weight excluding hydrogens is 298 g/mol. The first-order valence-electron chi connectivity index (χ1n) is 7.52. The second kappa shape index (κ2) is 7.05. The fourth-order valence-corrected chi connectivity index (χ4v) is 2.72. The van der Waals surface area contributed by atoms with Gasteiger partial charge in [0.05, 0.1) is 6.04 Å². The highest BCUT2D eigenvalue weighted by molar-refractivity contribution is 7.10. The van der Waals surface area contributed by atoms with Crippen molar-refractivity contribution in [3.8, 4) is 0 Å². The summed E-state index contributed by atoms with van der Waals surface area (Å²) in [5.74, 6) is 1.36. The Morgan fingerprint density at radius 3 is 2.82 bits per heavy atom. The van der Waals surface area contributed by atoms with Crippen molar-refractivity contribution in [1.82, 2.24) is 15.5 Å². The minimum Gasteiger partial charge on any atom is -0.349 e. The molecule has 0 unspecified atom stereocenters. The van der Waals surface area contributed by atoms with Gasteiger partial charge in [-0.25, -0.2) is 0 Å². The second-order valence-corrected chi connectivity index (χ2v) is 7.40. The summed E-state index contributed by atoms with van der Waals surface area (Å²) in [7, 11) is 0. The highest BCUT2D eigenvalue weighted by Gasteiger charge is 2.20. The Hall–Kier alpha value is -1.69. The average Bonchev–Trinajstić information content (AvgIpc) is 3.09. The predicted octanol–water partition coefficient (Wildman–Crippen LogP) is 3.63. The normalized spacial score (nSPS) is 13.1. The van der Waals surface area contributed by atoms with E-state index in [1.807, 2.05) is 45.2 Å². The van der Waals surface area contributed by atoms with Gasteiger partial charge in [0.2, 0.25) is 11.8 Å². The third-order valence-corrected chi connectivity index (χ3v) is 4.34. The van der Waals surface area contributed by atoms with Crippen LogP contribution in [-0.2, 0) is 16.6 Å². The molecule has 120 valence electrons. The Labute approximate surface area is 135 Å². The lowest BCUT2D eigenvalue weighted by Crippen LogP contribution is -2.25. The average molecular weight is 321 g/mol. The van der Waals surface area contributed by atoms with Gasteiger partial charge in [0.15, 0.2) is 5.82 Å². The van der Waals surface area contributed by atoms with Crippen LogP contribution in [0.3, 0.4) is 0 Å². The van der Waals surface area contributed by atoms with Crippen LogP contribution in [0.5, 0.6) is 0 Å². The van der Waals surface area contributed by atoms with Crippen molar-refractivity contribution < 1.29 is 9.32 Å². The lowest BCUT2D eigenvalue weighted by atomic mass is 9.96. The smallest absolute Gasteiger partial charge is 0.226 e. The van der Waals surface area contributed by atoms with Crippen molar-refractivity contribution in [2.45, 2.75) is 58.4 Å². The number of amides is 1. The number of hydrogen-bond acceptors (Lipinski definition) is 5. The van der Waals surface area contributed by atoms with Crippen molar-refractivity contribution in [1.29, 1.82) is 0 Å². The molecule has 0 saturated carbocycles. The molecule has 1 N–H and O–H groups in total. The Morgan fingerprint density at radius 1 is 1.45 bits per heavy atom. The van der Waals surface area contributed by atoms with Crippen molar-refractivity contribution in [2.24, 2.45) is 0 Å². The van der Waals surface area contributed by atoms with Crippen LogP contribution in [0.2, 0.25) is 0 Å². The minimum atomic E-state index is -0.116. The van der Waals surface area contributed by atoms with Crippen molar-refractivity contribution >= 4 is 17.2 Å². The van der Waals surface area contributed by atoms with Gasteiger partial charge in [-0.3, -0.25) is 4.79 Å². The van der Waals surface area contributed by atoms with E-state index in [0.717, 1.165) is 0 Å². The van der Waals surface area contributed by atoms with Gasteiger partial charge in [-0.2, -0.15) is 4.98 Å². The van der Waals surface area contributed by atoms with E-state index in [0.29, 0.717) is 31.0 Å². The largest absolute Gasteiger partial charge is 0.349 e. The molecule has 0 fully saturated rings. The monoisotopic (exact) mass is 321 g/mol. The maximum atomic E-state index is 11.9.